The molecule has 4 fully saturated rings. The molecule has 0 bridgehead atoms. The predicted octanol–water partition coefficient (Wildman–Crippen LogP) is 5.14. The Morgan fingerprint density at radius 3 is 2.52 bits per heavy atom. The van der Waals surface area contributed by atoms with Gasteiger partial charge in [-0.05, 0) is 79.6 Å². The number of allylic oxidation sites excluding steroid dienone is 1. The summed E-state index contributed by atoms with van der Waals surface area (Å²) in [6.45, 7) is 2.87. The molecule has 40 heavy (non-hydrogen) atoms. The highest BCUT2D eigenvalue weighted by Gasteiger charge is 2.71. The molecule has 1 spiro atoms. The second-order valence-electron chi connectivity index (χ2n) is 12.9. The summed E-state index contributed by atoms with van der Waals surface area (Å²) in [7, 11) is 0. The van der Waals surface area contributed by atoms with Crippen molar-refractivity contribution in [2.75, 3.05) is 13.2 Å². The van der Waals surface area contributed by atoms with E-state index in [2.05, 4.69) is 4.98 Å². The van der Waals surface area contributed by atoms with Gasteiger partial charge in [-0.15, -0.1) is 6.42 Å². The van der Waals surface area contributed by atoms with Crippen LogP contribution in [0, 0.1) is 29.6 Å². The van der Waals surface area contributed by atoms with E-state index in [1.807, 2.05) is 42.0 Å². The van der Waals surface area contributed by atoms with E-state index in [4.69, 9.17) is 15.9 Å². The van der Waals surface area contributed by atoms with Crippen LogP contribution in [0.5, 0.6) is 0 Å². The number of fused-ring (bicyclic) bond motifs is 4. The Hall–Kier alpha value is -2.57. The molecular weight excluding hydrogens is 514 g/mol. The third-order valence-corrected chi connectivity index (χ3v) is 11.2. The monoisotopic (exact) mass is 550 g/mol. The van der Waals surface area contributed by atoms with E-state index < -0.39 is 28.3 Å². The summed E-state index contributed by atoms with van der Waals surface area (Å²) in [5.41, 5.74) is -0.302. The van der Waals surface area contributed by atoms with Crippen LogP contribution in [0.2, 0.25) is 0 Å². The molecule has 8 heteroatoms. The van der Waals surface area contributed by atoms with Crippen molar-refractivity contribution in [2.45, 2.75) is 87.1 Å². The zero-order valence-electron chi connectivity index (χ0n) is 22.8. The van der Waals surface area contributed by atoms with E-state index in [0.717, 1.165) is 16.8 Å². The Labute approximate surface area is 233 Å². The molecule has 6 atom stereocenters. The lowest BCUT2D eigenvalue weighted by Crippen LogP contribution is -2.60. The molecule has 2 aromatic rings. The number of alkyl halides is 2. The number of ether oxygens (including phenoxy) is 2. The van der Waals surface area contributed by atoms with E-state index in [-0.39, 0.29) is 24.2 Å². The number of halogens is 2. The van der Waals surface area contributed by atoms with Gasteiger partial charge in [0.25, 0.3) is 0 Å². The van der Waals surface area contributed by atoms with Crippen LogP contribution in [0.3, 0.4) is 0 Å². The van der Waals surface area contributed by atoms with Crippen molar-refractivity contribution in [3.8, 4) is 18.0 Å². The van der Waals surface area contributed by atoms with Crippen molar-refractivity contribution < 1.29 is 28.5 Å². The molecule has 3 saturated carbocycles. The topological polar surface area (TPSA) is 76.7 Å². The third-order valence-electron chi connectivity index (χ3n) is 11.2. The largest absolute Gasteiger partial charge is 0.385 e. The van der Waals surface area contributed by atoms with E-state index in [1.165, 1.54) is 5.57 Å². The molecule has 1 aliphatic heterocycles. The van der Waals surface area contributed by atoms with Gasteiger partial charge in [0, 0.05) is 42.3 Å². The van der Waals surface area contributed by atoms with Crippen molar-refractivity contribution in [1.29, 1.82) is 0 Å². The zero-order valence-corrected chi connectivity index (χ0v) is 22.8. The van der Waals surface area contributed by atoms with Crippen LogP contribution < -0.4 is 0 Å². The lowest BCUT2D eigenvalue weighted by molar-refractivity contribution is -0.216. The van der Waals surface area contributed by atoms with Crippen LogP contribution in [-0.2, 0) is 9.47 Å². The highest BCUT2D eigenvalue weighted by molar-refractivity contribution is 5.46. The molecule has 5 aliphatic rings. The lowest BCUT2D eigenvalue weighted by atomic mass is 9.49. The summed E-state index contributed by atoms with van der Waals surface area (Å²) >= 11 is 0. The number of nitrogens with zero attached hydrogens (tertiary/aromatic N) is 2. The Morgan fingerprint density at radius 1 is 1.10 bits per heavy atom. The number of aromatic nitrogens is 2. The van der Waals surface area contributed by atoms with Crippen molar-refractivity contribution in [2.24, 2.45) is 17.3 Å². The molecule has 1 aromatic carbocycles. The second-order valence-corrected chi connectivity index (χ2v) is 12.9. The first-order chi connectivity index (χ1) is 19.0. The molecule has 6 nitrogen and oxygen atoms in total. The average Bonchev–Trinajstić information content (AvgIpc) is 3.69. The van der Waals surface area contributed by atoms with Gasteiger partial charge >= 0.3 is 5.92 Å². The van der Waals surface area contributed by atoms with Gasteiger partial charge in [-0.25, -0.2) is 4.98 Å². The molecule has 1 saturated heterocycles. The predicted molar refractivity (Wildman–Crippen MR) is 144 cm³/mol. The van der Waals surface area contributed by atoms with Crippen molar-refractivity contribution in [1.82, 2.24) is 9.55 Å². The van der Waals surface area contributed by atoms with E-state index in [0.29, 0.717) is 58.2 Å². The van der Waals surface area contributed by atoms with Gasteiger partial charge in [0.1, 0.15) is 5.60 Å². The smallest absolute Gasteiger partial charge is 0.336 e. The minimum Gasteiger partial charge on any atom is -0.385 e. The van der Waals surface area contributed by atoms with Crippen LogP contribution in [0.25, 0.3) is 5.69 Å². The van der Waals surface area contributed by atoms with Crippen LogP contribution in [0.4, 0.5) is 8.78 Å². The van der Waals surface area contributed by atoms with Crippen LogP contribution in [-0.4, -0.2) is 55.9 Å². The summed E-state index contributed by atoms with van der Waals surface area (Å²) in [5.74, 6) is -3.16. The lowest BCUT2D eigenvalue weighted by Gasteiger charge is -2.58. The van der Waals surface area contributed by atoms with Crippen LogP contribution in [0.1, 0.15) is 69.8 Å². The van der Waals surface area contributed by atoms with Crippen LogP contribution in [0.15, 0.2) is 54.1 Å². The summed E-state index contributed by atoms with van der Waals surface area (Å²) in [6.07, 6.45) is 14.3. The number of hydrogen-bond donors (Lipinski definition) is 2. The van der Waals surface area contributed by atoms with E-state index in [9.17, 15) is 10.2 Å². The molecular formula is C32H36F2N2O4. The zero-order chi connectivity index (χ0) is 28.0. The van der Waals surface area contributed by atoms with Gasteiger partial charge in [0.15, 0.2) is 5.79 Å². The number of rotatable bonds is 3. The molecule has 4 aliphatic carbocycles. The number of benzene rings is 1. The average molecular weight is 551 g/mol. The normalized spacial score (nSPS) is 38.5. The van der Waals surface area contributed by atoms with Crippen LogP contribution >= 0.6 is 0 Å². The Balaban J connectivity index is 1.36. The standard InChI is InChI=1S/C32H36F2N2O4/c1-3-32(33,34)31(38)13-10-25-23-8-11-29(37)19-30(39-16-17-40-30)12-9-26(29)27(23)24(18-28(25,31)2)21-4-6-22(7-5-21)36-15-14-35-20-36/h1,4-7,14-15,20,23-25,37-38H,8-13,16-19H2,2H3/t23?,24?,25?,28-,29+,31-/m0/s1. The first-order valence-corrected chi connectivity index (χ1v) is 14.4. The van der Waals surface area contributed by atoms with E-state index >= 15 is 8.78 Å². The Bertz CT molecular complexity index is 1380. The van der Waals surface area contributed by atoms with Gasteiger partial charge in [-0.2, -0.15) is 8.78 Å². The molecule has 3 unspecified atom stereocenters. The number of aliphatic hydroxyl groups is 2. The molecule has 2 heterocycles. The maximum atomic E-state index is 15.3. The van der Waals surface area contributed by atoms with Crippen molar-refractivity contribution in [3.05, 3.63) is 59.7 Å². The van der Waals surface area contributed by atoms with Gasteiger partial charge < -0.3 is 24.3 Å². The fraction of sp³-hybridized carbons (Fsp3) is 0.594. The fourth-order valence-electron chi connectivity index (χ4n) is 9.24. The molecule has 7 rings (SSSR count). The van der Waals surface area contributed by atoms with Gasteiger partial charge in [0.2, 0.25) is 0 Å². The summed E-state index contributed by atoms with van der Waals surface area (Å²) in [5, 5.41) is 23.9. The first kappa shape index (κ1) is 26.3. The van der Waals surface area contributed by atoms with Crippen molar-refractivity contribution in [3.63, 3.8) is 0 Å². The molecule has 2 N–H and O–H groups in total. The first-order valence-electron chi connectivity index (χ1n) is 14.4. The maximum Gasteiger partial charge on any atom is 0.336 e. The number of terminal acetylenes is 1. The summed E-state index contributed by atoms with van der Waals surface area (Å²) in [4.78, 5) is 4.13. The number of hydrogen-bond acceptors (Lipinski definition) is 5. The van der Waals surface area contributed by atoms with Crippen molar-refractivity contribution >= 4 is 0 Å². The molecule has 0 radical (unpaired) electrons. The highest BCUT2D eigenvalue weighted by Crippen LogP contribution is 2.70. The van der Waals surface area contributed by atoms with E-state index in [1.54, 1.807) is 18.4 Å². The van der Waals surface area contributed by atoms with Gasteiger partial charge in [-0.3, -0.25) is 0 Å². The Morgan fingerprint density at radius 2 is 1.85 bits per heavy atom. The quantitative estimate of drug-likeness (QED) is 0.409. The summed E-state index contributed by atoms with van der Waals surface area (Å²) < 4.78 is 44.6. The number of imidazole rings is 1. The Kier molecular flexibility index (Phi) is 5.74. The fourth-order valence-corrected chi connectivity index (χ4v) is 9.24. The second kappa shape index (κ2) is 8.72. The SMILES string of the molecule is C#CC(F)(F)[C@]1(O)CCC2C3CC[C@@]4(O)CC5(CCC4=C3C(c3ccc(-n4ccnc4)cc3)C[C@@]21C)OCCO5. The highest BCUT2D eigenvalue weighted by atomic mass is 19.3. The molecule has 212 valence electrons. The third kappa shape index (κ3) is 3.51. The molecule has 0 amide bonds. The summed E-state index contributed by atoms with van der Waals surface area (Å²) in [6, 6.07) is 8.10. The van der Waals surface area contributed by atoms with Gasteiger partial charge in [-0.1, -0.05) is 24.6 Å². The molecule has 1 aromatic heterocycles. The minimum atomic E-state index is -3.64. The maximum absolute atomic E-state index is 15.3. The van der Waals surface area contributed by atoms with Gasteiger partial charge in [0.05, 0.1) is 25.1 Å². The minimum absolute atomic E-state index is 0.0191.